The van der Waals surface area contributed by atoms with Crippen LogP contribution in [-0.2, 0) is 0 Å². The van der Waals surface area contributed by atoms with E-state index in [4.69, 9.17) is 11.2 Å². The molecule has 2 amide bonds. The molecule has 0 saturated carbocycles. The number of rotatable bonds is 5. The van der Waals surface area contributed by atoms with E-state index in [9.17, 15) is 4.79 Å². The van der Waals surface area contributed by atoms with Gasteiger partial charge in [-0.15, -0.1) is 6.42 Å². The van der Waals surface area contributed by atoms with Gasteiger partial charge in [-0.3, -0.25) is 0 Å². The van der Waals surface area contributed by atoms with E-state index in [1.165, 1.54) is 17.9 Å². The number of quaternary nitrogens is 1. The van der Waals surface area contributed by atoms with E-state index in [0.717, 1.165) is 30.2 Å². The van der Waals surface area contributed by atoms with Crippen molar-refractivity contribution in [2.24, 2.45) is 11.8 Å². The van der Waals surface area contributed by atoms with Crippen molar-refractivity contribution in [3.63, 3.8) is 0 Å². The third-order valence-corrected chi connectivity index (χ3v) is 5.87. The fourth-order valence-electron chi connectivity index (χ4n) is 4.35. The summed E-state index contributed by atoms with van der Waals surface area (Å²) in [5.41, 5.74) is 0.739. The molecule has 4 atom stereocenters. The number of fused-ring (bicyclic) bond motifs is 3. The molecule has 3 heterocycles. The van der Waals surface area contributed by atoms with Crippen LogP contribution in [0, 0.1) is 24.2 Å². The van der Waals surface area contributed by atoms with Gasteiger partial charge in [0.15, 0.2) is 0 Å². The Kier molecular flexibility index (Phi) is 5.50. The van der Waals surface area contributed by atoms with E-state index in [1.54, 1.807) is 0 Å². The summed E-state index contributed by atoms with van der Waals surface area (Å²) in [5, 5.41) is 5.91. The average molecular weight is 376 g/mol. The number of piperidine rings is 3. The Balaban J connectivity index is 1.25. The zero-order valence-electron chi connectivity index (χ0n) is 15.9. The maximum Gasteiger partial charge on any atom is 0.319 e. The monoisotopic (exact) mass is 376 g/mol. The fourth-order valence-corrected chi connectivity index (χ4v) is 4.35. The van der Waals surface area contributed by atoms with E-state index < -0.39 is 0 Å². The molecule has 3 fully saturated rings. The number of hydrogen-bond acceptors (Lipinski definition) is 2. The second kappa shape index (κ2) is 8.37. The molecule has 2 aromatic carbocycles. The van der Waals surface area contributed by atoms with E-state index >= 15 is 0 Å². The highest BCUT2D eigenvalue weighted by molar-refractivity contribution is 5.89. The zero-order chi connectivity index (χ0) is 19.3. The summed E-state index contributed by atoms with van der Waals surface area (Å²) in [6.07, 6.45) is 7.96. The van der Waals surface area contributed by atoms with Crippen molar-refractivity contribution >= 4 is 11.7 Å². The van der Waals surface area contributed by atoms with E-state index in [0.29, 0.717) is 24.4 Å². The first-order chi connectivity index (χ1) is 13.7. The normalized spacial score (nSPS) is 25.5. The molecule has 0 radical (unpaired) electrons. The van der Waals surface area contributed by atoms with Crippen LogP contribution in [0.25, 0.3) is 0 Å². The summed E-state index contributed by atoms with van der Waals surface area (Å²) in [7, 11) is 0. The number of ether oxygens (including phenoxy) is 1. The number of carbonyl (C=O) groups excluding carboxylic acids is 1. The van der Waals surface area contributed by atoms with Gasteiger partial charge in [-0.05, 0) is 42.3 Å². The molecule has 3 aliphatic heterocycles. The minimum absolute atomic E-state index is 0.174. The predicted octanol–water partition coefficient (Wildman–Crippen LogP) is 2.53. The second-order valence-electron chi connectivity index (χ2n) is 7.64. The summed E-state index contributed by atoms with van der Waals surface area (Å²) in [6.45, 7) is 2.89. The van der Waals surface area contributed by atoms with Crippen LogP contribution in [0.1, 0.15) is 12.8 Å². The maximum atomic E-state index is 12.3. The second-order valence-corrected chi connectivity index (χ2v) is 7.64. The van der Waals surface area contributed by atoms with E-state index in [2.05, 4.69) is 16.6 Å². The molecule has 144 valence electrons. The number of terminal acetylenes is 1. The lowest BCUT2D eigenvalue weighted by atomic mass is 9.76. The number of benzene rings is 2. The van der Waals surface area contributed by atoms with Crippen LogP contribution < -0.4 is 20.3 Å². The molecule has 28 heavy (non-hydrogen) atoms. The Bertz CT molecular complexity index is 844. The largest absolute Gasteiger partial charge is 0.457 e. The lowest BCUT2D eigenvalue weighted by Gasteiger charge is -2.45. The van der Waals surface area contributed by atoms with Gasteiger partial charge in [0.05, 0.1) is 25.6 Å². The van der Waals surface area contributed by atoms with Gasteiger partial charge in [0.2, 0.25) is 0 Å². The zero-order valence-corrected chi connectivity index (χ0v) is 15.9. The minimum Gasteiger partial charge on any atom is -0.457 e. The van der Waals surface area contributed by atoms with Crippen LogP contribution in [0.4, 0.5) is 10.5 Å². The number of amides is 2. The van der Waals surface area contributed by atoms with Crippen LogP contribution in [0.3, 0.4) is 0 Å². The number of anilines is 1. The first kappa shape index (κ1) is 18.4. The Morgan fingerprint density at radius 3 is 2.57 bits per heavy atom. The van der Waals surface area contributed by atoms with Crippen molar-refractivity contribution in [3.8, 4) is 23.8 Å². The molecule has 5 heteroatoms. The third kappa shape index (κ3) is 4.29. The fraction of sp³-hybridized carbons (Fsp3) is 0.348. The van der Waals surface area contributed by atoms with Gasteiger partial charge in [0.1, 0.15) is 17.5 Å². The molecule has 0 aromatic heterocycles. The van der Waals surface area contributed by atoms with Gasteiger partial charge in [0.25, 0.3) is 0 Å². The van der Waals surface area contributed by atoms with Crippen LogP contribution in [0.2, 0.25) is 0 Å². The Hall–Kier alpha value is -2.97. The highest BCUT2D eigenvalue weighted by atomic mass is 16.5. The van der Waals surface area contributed by atoms with Gasteiger partial charge < -0.3 is 20.3 Å². The van der Waals surface area contributed by atoms with Gasteiger partial charge in [-0.25, -0.2) is 4.79 Å². The Labute approximate surface area is 166 Å². The van der Waals surface area contributed by atoms with Crippen LogP contribution in [-0.4, -0.2) is 31.7 Å². The van der Waals surface area contributed by atoms with Gasteiger partial charge in [0, 0.05) is 18.5 Å². The molecule has 0 aliphatic carbocycles. The first-order valence-corrected chi connectivity index (χ1v) is 9.90. The molecule has 5 nitrogen and oxygen atoms in total. The van der Waals surface area contributed by atoms with Crippen molar-refractivity contribution in [1.82, 2.24) is 5.32 Å². The van der Waals surface area contributed by atoms with E-state index in [1.807, 2.05) is 54.6 Å². The minimum atomic E-state index is -0.174. The highest BCUT2D eigenvalue weighted by Crippen LogP contribution is 2.26. The Morgan fingerprint density at radius 2 is 1.89 bits per heavy atom. The van der Waals surface area contributed by atoms with Crippen molar-refractivity contribution in [1.29, 1.82) is 0 Å². The topological polar surface area (TPSA) is 54.8 Å². The molecule has 0 spiro atoms. The average Bonchev–Trinajstić information content (AvgIpc) is 2.75. The lowest BCUT2D eigenvalue weighted by molar-refractivity contribution is -0.943. The highest BCUT2D eigenvalue weighted by Gasteiger charge is 2.42. The number of nitrogens with one attached hydrogen (secondary N) is 3. The Morgan fingerprint density at radius 1 is 1.14 bits per heavy atom. The van der Waals surface area contributed by atoms with E-state index in [-0.39, 0.29) is 6.03 Å². The van der Waals surface area contributed by atoms with Crippen LogP contribution in [0.5, 0.6) is 11.5 Å². The van der Waals surface area contributed by atoms with Crippen molar-refractivity contribution < 1.29 is 14.4 Å². The van der Waals surface area contributed by atoms with Crippen LogP contribution >= 0.6 is 0 Å². The molecular weight excluding hydrogens is 350 g/mol. The van der Waals surface area contributed by atoms with Crippen molar-refractivity contribution in [2.75, 3.05) is 25.0 Å². The molecule has 3 saturated heterocycles. The summed E-state index contributed by atoms with van der Waals surface area (Å²) >= 11 is 0. The maximum absolute atomic E-state index is 12.3. The lowest BCUT2D eigenvalue weighted by Crippen LogP contribution is -3.20. The SMILES string of the molecule is C#C[C@H]1C[NH+]2CC[C@H]1C[C@@H]2CNC(=O)Nc1ccc(Oc2ccccc2)cc1. The molecule has 5 rings (SSSR count). The molecule has 2 aromatic rings. The molecule has 3 aliphatic rings. The first-order valence-electron chi connectivity index (χ1n) is 9.90. The number of hydrogen-bond donors (Lipinski definition) is 3. The molecule has 2 bridgehead atoms. The molecular formula is C23H26N3O2+. The summed E-state index contributed by atoms with van der Waals surface area (Å²) < 4.78 is 5.77. The summed E-state index contributed by atoms with van der Waals surface area (Å²) in [5.74, 6) is 5.49. The van der Waals surface area contributed by atoms with Gasteiger partial charge in [-0.2, -0.15) is 0 Å². The third-order valence-electron chi connectivity index (χ3n) is 5.87. The van der Waals surface area contributed by atoms with Gasteiger partial charge in [-0.1, -0.05) is 24.1 Å². The molecule has 1 unspecified atom stereocenters. The number of carbonyl (C=O) groups is 1. The van der Waals surface area contributed by atoms with Crippen molar-refractivity contribution in [3.05, 3.63) is 54.6 Å². The standard InChI is InChI=1S/C23H25N3O2/c1-2-17-16-26-13-12-18(17)14-20(26)15-24-23(27)25-19-8-10-22(11-9-19)28-21-6-4-3-5-7-21/h1,3-11,17-18,20H,12-16H2,(H2,24,25,27)/p+1/t17-,18-,20+/m0/s1. The smallest absolute Gasteiger partial charge is 0.319 e. The quantitative estimate of drug-likeness (QED) is 0.703. The number of urea groups is 1. The van der Waals surface area contributed by atoms with Crippen molar-refractivity contribution in [2.45, 2.75) is 18.9 Å². The summed E-state index contributed by atoms with van der Waals surface area (Å²) in [6, 6.07) is 17.3. The van der Waals surface area contributed by atoms with Gasteiger partial charge >= 0.3 is 6.03 Å². The predicted molar refractivity (Wildman–Crippen MR) is 110 cm³/mol. The number of para-hydroxylation sites is 1. The summed E-state index contributed by atoms with van der Waals surface area (Å²) in [4.78, 5) is 13.8. The van der Waals surface area contributed by atoms with Crippen LogP contribution in [0.15, 0.2) is 54.6 Å². The molecule has 3 N–H and O–H groups in total.